The highest BCUT2D eigenvalue weighted by molar-refractivity contribution is 5.89. The maximum atomic E-state index is 12.0. The Morgan fingerprint density at radius 1 is 1.29 bits per heavy atom. The molecule has 2 rings (SSSR count). The van der Waals surface area contributed by atoms with Crippen molar-refractivity contribution in [3.63, 3.8) is 0 Å². The number of carboxylic acid groups (broad SMARTS) is 1. The van der Waals surface area contributed by atoms with Crippen LogP contribution in [0.3, 0.4) is 0 Å². The summed E-state index contributed by atoms with van der Waals surface area (Å²) in [6, 6.07) is 5.09. The number of nitrogens with one attached hydrogen (secondary N) is 1. The zero-order chi connectivity index (χ0) is 15.6. The number of carbonyl (C=O) groups excluding carboxylic acids is 1. The Kier molecular flexibility index (Phi) is 4.35. The Morgan fingerprint density at radius 3 is 2.52 bits per heavy atom. The van der Waals surface area contributed by atoms with Gasteiger partial charge in [-0.1, -0.05) is 0 Å². The van der Waals surface area contributed by atoms with E-state index in [-0.39, 0.29) is 11.9 Å². The van der Waals surface area contributed by atoms with Crippen LogP contribution in [0.5, 0.6) is 11.5 Å². The summed E-state index contributed by atoms with van der Waals surface area (Å²) in [6.45, 7) is 1.83. The van der Waals surface area contributed by atoms with Crippen LogP contribution in [0.25, 0.3) is 0 Å². The van der Waals surface area contributed by atoms with Gasteiger partial charge in [-0.2, -0.15) is 0 Å². The molecular weight excluding hydrogens is 274 g/mol. The summed E-state index contributed by atoms with van der Waals surface area (Å²) < 4.78 is 10.4. The quantitative estimate of drug-likeness (QED) is 0.832. The van der Waals surface area contributed by atoms with Gasteiger partial charge in [0.1, 0.15) is 11.5 Å². The van der Waals surface area contributed by atoms with E-state index in [1.54, 1.807) is 26.4 Å². The minimum absolute atomic E-state index is 0.229. The summed E-state index contributed by atoms with van der Waals surface area (Å²) in [5.41, 5.74) is 0.819. The maximum absolute atomic E-state index is 12.0. The molecule has 2 N–H and O–H groups in total. The lowest BCUT2D eigenvalue weighted by molar-refractivity contribution is -0.140. The minimum Gasteiger partial charge on any atom is -0.497 e. The first kappa shape index (κ1) is 15.2. The summed E-state index contributed by atoms with van der Waals surface area (Å²) in [4.78, 5) is 22.8. The normalized spacial score (nSPS) is 21.3. The van der Waals surface area contributed by atoms with Crippen molar-refractivity contribution in [1.82, 2.24) is 5.32 Å². The largest absolute Gasteiger partial charge is 0.497 e. The fraction of sp³-hybridized carbons (Fsp3) is 0.467. The molecule has 0 saturated heterocycles. The van der Waals surface area contributed by atoms with Gasteiger partial charge in [-0.15, -0.1) is 0 Å². The highest BCUT2D eigenvalue weighted by Gasteiger charge is 2.48. The second kappa shape index (κ2) is 6.03. The minimum atomic E-state index is -0.912. The van der Waals surface area contributed by atoms with Gasteiger partial charge in [0.2, 0.25) is 5.91 Å². The number of hydrogen-bond donors (Lipinski definition) is 2. The first-order valence-electron chi connectivity index (χ1n) is 6.73. The van der Waals surface area contributed by atoms with Crippen LogP contribution in [0.15, 0.2) is 18.2 Å². The lowest BCUT2D eigenvalue weighted by atomic mass is 10.1. The monoisotopic (exact) mass is 293 g/mol. The van der Waals surface area contributed by atoms with Crippen molar-refractivity contribution < 1.29 is 24.2 Å². The number of amides is 1. The van der Waals surface area contributed by atoms with E-state index in [4.69, 9.17) is 14.6 Å². The predicted octanol–water partition coefficient (Wildman–Crippen LogP) is 1.60. The van der Waals surface area contributed by atoms with Crippen molar-refractivity contribution >= 4 is 11.9 Å². The summed E-state index contributed by atoms with van der Waals surface area (Å²) in [7, 11) is 3.12. The van der Waals surface area contributed by atoms with E-state index in [9.17, 15) is 9.59 Å². The van der Waals surface area contributed by atoms with E-state index < -0.39 is 17.8 Å². The molecular formula is C15H19NO5. The Morgan fingerprint density at radius 2 is 2.00 bits per heavy atom. The average Bonchev–Trinajstić information content (AvgIpc) is 3.27. The molecule has 1 unspecified atom stereocenters. The lowest BCUT2D eigenvalue weighted by Gasteiger charge is -2.18. The molecule has 114 valence electrons. The molecule has 0 bridgehead atoms. The summed E-state index contributed by atoms with van der Waals surface area (Å²) in [5, 5.41) is 11.7. The molecule has 0 radical (unpaired) electrons. The molecule has 1 aliphatic carbocycles. The van der Waals surface area contributed by atoms with Crippen LogP contribution in [0.1, 0.15) is 24.9 Å². The van der Waals surface area contributed by atoms with Gasteiger partial charge in [-0.05, 0) is 25.5 Å². The third kappa shape index (κ3) is 3.26. The molecule has 0 spiro atoms. The van der Waals surface area contributed by atoms with Crippen LogP contribution < -0.4 is 14.8 Å². The molecule has 6 nitrogen and oxygen atoms in total. The van der Waals surface area contributed by atoms with Crippen molar-refractivity contribution in [1.29, 1.82) is 0 Å². The number of carboxylic acids is 1. The highest BCUT2D eigenvalue weighted by Crippen LogP contribution is 2.39. The molecule has 0 aliphatic heterocycles. The van der Waals surface area contributed by atoms with Crippen molar-refractivity contribution in [3.05, 3.63) is 23.8 Å². The molecule has 3 atom stereocenters. The zero-order valence-corrected chi connectivity index (χ0v) is 12.3. The number of aliphatic carboxylic acids is 1. The van der Waals surface area contributed by atoms with Crippen molar-refractivity contribution in [2.45, 2.75) is 19.4 Å². The summed E-state index contributed by atoms with van der Waals surface area (Å²) in [6.07, 6.45) is 0.410. The Labute approximate surface area is 123 Å². The van der Waals surface area contributed by atoms with Crippen LogP contribution in [-0.2, 0) is 9.59 Å². The molecule has 1 saturated carbocycles. The number of hydrogen-bond acceptors (Lipinski definition) is 4. The molecule has 1 fully saturated rings. The first-order valence-corrected chi connectivity index (χ1v) is 6.73. The van der Waals surface area contributed by atoms with E-state index in [0.717, 1.165) is 5.56 Å². The number of methoxy groups -OCH3 is 2. The van der Waals surface area contributed by atoms with Crippen molar-refractivity contribution in [3.8, 4) is 11.5 Å². The van der Waals surface area contributed by atoms with E-state index in [1.165, 1.54) is 0 Å². The first-order chi connectivity index (χ1) is 9.97. The van der Waals surface area contributed by atoms with Gasteiger partial charge in [-0.25, -0.2) is 0 Å². The molecule has 1 aromatic rings. The molecule has 0 heterocycles. The van der Waals surface area contributed by atoms with Gasteiger partial charge in [0.05, 0.1) is 32.1 Å². The lowest BCUT2D eigenvalue weighted by Crippen LogP contribution is -2.29. The Balaban J connectivity index is 2.05. The van der Waals surface area contributed by atoms with E-state index in [0.29, 0.717) is 17.9 Å². The molecule has 1 aliphatic rings. The molecule has 1 amide bonds. The molecule has 0 aromatic heterocycles. The van der Waals surface area contributed by atoms with Crippen molar-refractivity contribution in [2.24, 2.45) is 11.8 Å². The van der Waals surface area contributed by atoms with E-state index in [2.05, 4.69) is 5.32 Å². The zero-order valence-electron chi connectivity index (χ0n) is 12.3. The fourth-order valence-corrected chi connectivity index (χ4v) is 2.33. The SMILES string of the molecule is COc1ccc(C(C)NC(=O)[C@@H]2C[C@@H]2C(=O)O)c(OC)c1. The second-order valence-electron chi connectivity index (χ2n) is 5.13. The van der Waals surface area contributed by atoms with Gasteiger partial charge in [-0.3, -0.25) is 9.59 Å². The van der Waals surface area contributed by atoms with Gasteiger partial charge in [0.15, 0.2) is 0 Å². The summed E-state index contributed by atoms with van der Waals surface area (Å²) >= 11 is 0. The highest BCUT2D eigenvalue weighted by atomic mass is 16.5. The van der Waals surface area contributed by atoms with Gasteiger partial charge >= 0.3 is 5.97 Å². The van der Waals surface area contributed by atoms with Crippen LogP contribution in [0.4, 0.5) is 0 Å². The van der Waals surface area contributed by atoms with Gasteiger partial charge < -0.3 is 19.9 Å². The summed E-state index contributed by atoms with van der Waals surface area (Å²) in [5.74, 6) is -0.822. The van der Waals surface area contributed by atoms with Gasteiger partial charge in [0, 0.05) is 11.6 Å². The van der Waals surface area contributed by atoms with Gasteiger partial charge in [0.25, 0.3) is 0 Å². The van der Waals surface area contributed by atoms with Crippen LogP contribution >= 0.6 is 0 Å². The molecule has 21 heavy (non-hydrogen) atoms. The number of rotatable bonds is 6. The molecule has 1 aromatic carbocycles. The van der Waals surface area contributed by atoms with E-state index >= 15 is 0 Å². The van der Waals surface area contributed by atoms with Crippen LogP contribution in [0.2, 0.25) is 0 Å². The Hall–Kier alpha value is -2.24. The predicted molar refractivity (Wildman–Crippen MR) is 75.3 cm³/mol. The smallest absolute Gasteiger partial charge is 0.307 e. The second-order valence-corrected chi connectivity index (χ2v) is 5.13. The van der Waals surface area contributed by atoms with Crippen molar-refractivity contribution in [2.75, 3.05) is 14.2 Å². The molecule has 6 heteroatoms. The van der Waals surface area contributed by atoms with Crippen LogP contribution in [-0.4, -0.2) is 31.2 Å². The standard InChI is InChI=1S/C15H19NO5/c1-8(16-14(17)11-7-12(11)15(18)19)10-5-4-9(20-2)6-13(10)21-3/h4-6,8,11-12H,7H2,1-3H3,(H,16,17)(H,18,19)/t8?,11-,12+/m1/s1. The third-order valence-electron chi connectivity index (χ3n) is 3.71. The number of benzene rings is 1. The number of ether oxygens (including phenoxy) is 2. The fourth-order valence-electron chi connectivity index (χ4n) is 2.33. The Bertz CT molecular complexity index is 557. The van der Waals surface area contributed by atoms with Crippen LogP contribution in [0, 0.1) is 11.8 Å². The topological polar surface area (TPSA) is 84.9 Å². The third-order valence-corrected chi connectivity index (χ3v) is 3.71. The van der Waals surface area contributed by atoms with E-state index in [1.807, 2.05) is 13.0 Å². The maximum Gasteiger partial charge on any atom is 0.307 e. The average molecular weight is 293 g/mol. The number of carbonyl (C=O) groups is 2.